The molecule has 10 heteroatoms. The Morgan fingerprint density at radius 1 is 0.605 bits per heavy atom. The standard InChI is InChI=1S/C28H20N2O8/c1-17-15-19(11-13-23(17)29(33)34)27(31)37-25-9-5-3-7-21(25)22-8-4-6-10-26(22)38-28(32)20-12-14-24(30(35)36)18(2)16-20/h3-16H,1-2H3. The van der Waals surface area contributed by atoms with E-state index in [9.17, 15) is 29.8 Å². The van der Waals surface area contributed by atoms with E-state index in [1.54, 1.807) is 48.5 Å². The molecule has 0 aliphatic carbocycles. The van der Waals surface area contributed by atoms with Crippen LogP contribution < -0.4 is 9.47 Å². The first-order chi connectivity index (χ1) is 18.2. The Morgan fingerprint density at radius 2 is 0.974 bits per heavy atom. The summed E-state index contributed by atoms with van der Waals surface area (Å²) in [6.07, 6.45) is 0. The lowest BCUT2D eigenvalue weighted by molar-refractivity contribution is -0.385. The highest BCUT2D eigenvalue weighted by Crippen LogP contribution is 2.37. The number of para-hydroxylation sites is 2. The maximum atomic E-state index is 12.9. The minimum atomic E-state index is -0.716. The number of rotatable bonds is 7. The third-order valence-corrected chi connectivity index (χ3v) is 5.73. The van der Waals surface area contributed by atoms with E-state index in [2.05, 4.69) is 0 Å². The molecule has 0 radical (unpaired) electrons. The molecule has 0 aliphatic heterocycles. The molecule has 10 nitrogen and oxygen atoms in total. The van der Waals surface area contributed by atoms with Gasteiger partial charge in [0.1, 0.15) is 11.5 Å². The molecule has 0 saturated carbocycles. The van der Waals surface area contributed by atoms with E-state index in [1.807, 2.05) is 0 Å². The van der Waals surface area contributed by atoms with Crippen molar-refractivity contribution in [2.24, 2.45) is 0 Å². The van der Waals surface area contributed by atoms with Gasteiger partial charge in [0, 0.05) is 34.4 Å². The molecule has 0 amide bonds. The van der Waals surface area contributed by atoms with Gasteiger partial charge in [0.05, 0.1) is 21.0 Å². The van der Waals surface area contributed by atoms with Gasteiger partial charge in [-0.2, -0.15) is 0 Å². The van der Waals surface area contributed by atoms with Crippen LogP contribution in [0.3, 0.4) is 0 Å². The third-order valence-electron chi connectivity index (χ3n) is 5.73. The van der Waals surface area contributed by atoms with Crippen molar-refractivity contribution in [3.05, 3.63) is 127 Å². The van der Waals surface area contributed by atoms with Gasteiger partial charge in [0.15, 0.2) is 0 Å². The number of aryl methyl sites for hydroxylation is 2. The average Bonchev–Trinajstić information content (AvgIpc) is 2.88. The summed E-state index contributed by atoms with van der Waals surface area (Å²) in [7, 11) is 0. The summed E-state index contributed by atoms with van der Waals surface area (Å²) >= 11 is 0. The summed E-state index contributed by atoms with van der Waals surface area (Å²) in [6.45, 7) is 3.06. The van der Waals surface area contributed by atoms with Gasteiger partial charge in [0.25, 0.3) is 11.4 Å². The lowest BCUT2D eigenvalue weighted by atomic mass is 10.0. The van der Waals surface area contributed by atoms with Gasteiger partial charge in [-0.05, 0) is 50.2 Å². The summed E-state index contributed by atoms with van der Waals surface area (Å²) in [5.41, 5.74) is 1.60. The number of hydrogen-bond donors (Lipinski definition) is 0. The van der Waals surface area contributed by atoms with Crippen LogP contribution >= 0.6 is 0 Å². The Bertz CT molecular complexity index is 1480. The third kappa shape index (κ3) is 5.39. The van der Waals surface area contributed by atoms with E-state index in [4.69, 9.17) is 9.47 Å². The summed E-state index contributed by atoms with van der Waals surface area (Å²) in [5.74, 6) is -1.07. The molecule has 0 aromatic heterocycles. The van der Waals surface area contributed by atoms with Gasteiger partial charge in [-0.1, -0.05) is 36.4 Å². The zero-order chi connectivity index (χ0) is 27.4. The molecule has 0 saturated heterocycles. The number of hydrogen-bond acceptors (Lipinski definition) is 8. The Hall–Kier alpha value is -5.38. The lowest BCUT2D eigenvalue weighted by Gasteiger charge is -2.14. The summed E-state index contributed by atoms with van der Waals surface area (Å²) < 4.78 is 11.2. The number of carbonyl (C=O) groups excluding carboxylic acids is 2. The quantitative estimate of drug-likeness (QED) is 0.123. The van der Waals surface area contributed by atoms with E-state index in [0.717, 1.165) is 0 Å². The van der Waals surface area contributed by atoms with E-state index in [-0.39, 0.29) is 34.0 Å². The van der Waals surface area contributed by atoms with Gasteiger partial charge in [-0.3, -0.25) is 20.2 Å². The molecule has 0 N–H and O–H groups in total. The monoisotopic (exact) mass is 512 g/mol. The van der Waals surface area contributed by atoms with Crippen LogP contribution in [0.5, 0.6) is 11.5 Å². The average molecular weight is 512 g/mol. The summed E-state index contributed by atoms with van der Waals surface area (Å²) in [5, 5.41) is 22.2. The molecule has 0 bridgehead atoms. The highest BCUT2D eigenvalue weighted by atomic mass is 16.6. The molecule has 190 valence electrons. The largest absolute Gasteiger partial charge is 0.422 e. The molecule has 38 heavy (non-hydrogen) atoms. The van der Waals surface area contributed by atoms with Crippen molar-refractivity contribution in [2.75, 3.05) is 0 Å². The van der Waals surface area contributed by atoms with Gasteiger partial charge in [-0.25, -0.2) is 9.59 Å². The van der Waals surface area contributed by atoms with E-state index < -0.39 is 21.8 Å². The first-order valence-electron chi connectivity index (χ1n) is 11.3. The number of nitrogens with zero attached hydrogens (tertiary/aromatic N) is 2. The van der Waals surface area contributed by atoms with Crippen LogP contribution in [-0.2, 0) is 0 Å². The molecule has 4 aromatic rings. The molecule has 4 aromatic carbocycles. The Balaban J connectivity index is 1.62. The van der Waals surface area contributed by atoms with Crippen LogP contribution in [0.15, 0.2) is 84.9 Å². The van der Waals surface area contributed by atoms with Crippen LogP contribution in [0.25, 0.3) is 11.1 Å². The number of nitro groups is 2. The Morgan fingerprint density at radius 3 is 1.32 bits per heavy atom. The fourth-order valence-corrected chi connectivity index (χ4v) is 3.85. The zero-order valence-corrected chi connectivity index (χ0v) is 20.2. The van der Waals surface area contributed by atoms with Crippen LogP contribution in [0.2, 0.25) is 0 Å². The fraction of sp³-hybridized carbons (Fsp3) is 0.0714. The summed E-state index contributed by atoms with van der Waals surface area (Å²) in [4.78, 5) is 46.8. The molecular formula is C28H20N2O8. The Labute approximate surface area is 216 Å². The maximum absolute atomic E-state index is 12.9. The number of ether oxygens (including phenoxy) is 2. The molecule has 0 aliphatic rings. The van der Waals surface area contributed by atoms with Crippen LogP contribution in [0.4, 0.5) is 11.4 Å². The minimum absolute atomic E-state index is 0.110. The molecule has 0 heterocycles. The second-order valence-electron chi connectivity index (χ2n) is 8.29. The zero-order valence-electron chi connectivity index (χ0n) is 20.2. The molecule has 0 spiro atoms. The van der Waals surface area contributed by atoms with Crippen molar-refractivity contribution >= 4 is 23.3 Å². The minimum Gasteiger partial charge on any atom is -0.422 e. The van der Waals surface area contributed by atoms with Crippen molar-refractivity contribution in [3.63, 3.8) is 0 Å². The predicted octanol–water partition coefficient (Wildman–Crippen LogP) is 6.23. The normalized spacial score (nSPS) is 10.5. The van der Waals surface area contributed by atoms with Crippen molar-refractivity contribution in [2.45, 2.75) is 13.8 Å². The van der Waals surface area contributed by atoms with Crippen molar-refractivity contribution < 1.29 is 28.9 Å². The second-order valence-corrected chi connectivity index (χ2v) is 8.29. The van der Waals surface area contributed by atoms with Crippen LogP contribution in [0, 0.1) is 34.1 Å². The van der Waals surface area contributed by atoms with Gasteiger partial charge in [0.2, 0.25) is 0 Å². The van der Waals surface area contributed by atoms with Gasteiger partial charge in [-0.15, -0.1) is 0 Å². The van der Waals surface area contributed by atoms with Crippen molar-refractivity contribution in [1.29, 1.82) is 0 Å². The Kier molecular flexibility index (Phi) is 7.24. The van der Waals surface area contributed by atoms with Gasteiger partial charge < -0.3 is 9.47 Å². The van der Waals surface area contributed by atoms with E-state index in [0.29, 0.717) is 22.3 Å². The van der Waals surface area contributed by atoms with Crippen molar-refractivity contribution in [3.8, 4) is 22.6 Å². The number of carbonyl (C=O) groups is 2. The first kappa shape index (κ1) is 25.7. The maximum Gasteiger partial charge on any atom is 0.343 e. The number of nitro benzene ring substituents is 2. The SMILES string of the molecule is Cc1cc(C(=O)Oc2ccccc2-c2ccccc2OC(=O)c2ccc([N+](=O)[O-])c(C)c2)ccc1[N+](=O)[O-]. The summed E-state index contributed by atoms with van der Waals surface area (Å²) in [6, 6.07) is 21.2. The highest BCUT2D eigenvalue weighted by Gasteiger charge is 2.20. The second kappa shape index (κ2) is 10.7. The highest BCUT2D eigenvalue weighted by molar-refractivity contribution is 5.94. The smallest absolute Gasteiger partial charge is 0.343 e. The number of benzene rings is 4. The molecule has 0 atom stereocenters. The predicted molar refractivity (Wildman–Crippen MR) is 137 cm³/mol. The topological polar surface area (TPSA) is 139 Å². The van der Waals surface area contributed by atoms with E-state index in [1.165, 1.54) is 50.2 Å². The van der Waals surface area contributed by atoms with Gasteiger partial charge >= 0.3 is 11.9 Å². The van der Waals surface area contributed by atoms with E-state index >= 15 is 0 Å². The number of esters is 2. The molecule has 4 rings (SSSR count). The molecule has 0 fully saturated rings. The lowest BCUT2D eigenvalue weighted by Crippen LogP contribution is -2.11. The van der Waals surface area contributed by atoms with Crippen molar-refractivity contribution in [1.82, 2.24) is 0 Å². The van der Waals surface area contributed by atoms with Crippen LogP contribution in [0.1, 0.15) is 31.8 Å². The first-order valence-corrected chi connectivity index (χ1v) is 11.3. The molecular weight excluding hydrogens is 492 g/mol. The fourth-order valence-electron chi connectivity index (χ4n) is 3.85. The van der Waals surface area contributed by atoms with Crippen LogP contribution in [-0.4, -0.2) is 21.8 Å². The molecule has 0 unspecified atom stereocenters.